The fourth-order valence-corrected chi connectivity index (χ4v) is 3.16. The molecule has 4 nitrogen and oxygen atoms in total. The summed E-state index contributed by atoms with van der Waals surface area (Å²) in [6, 6.07) is 11.6. The first-order valence-electron chi connectivity index (χ1n) is 8.89. The van der Waals surface area contributed by atoms with Gasteiger partial charge in [0.05, 0.1) is 5.56 Å². The maximum atomic E-state index is 13.0. The number of para-hydroxylation sites is 2. The molecule has 0 atom stereocenters. The highest BCUT2D eigenvalue weighted by atomic mass is 19.1. The molecule has 5 heteroatoms. The first-order chi connectivity index (χ1) is 12.6. The van der Waals surface area contributed by atoms with E-state index in [1.165, 1.54) is 49.9 Å². The monoisotopic (exact) mass is 356 g/mol. The van der Waals surface area contributed by atoms with Gasteiger partial charge in [0.15, 0.2) is 11.5 Å². The van der Waals surface area contributed by atoms with Crippen LogP contribution in [0.15, 0.2) is 48.5 Å². The van der Waals surface area contributed by atoms with Gasteiger partial charge in [-0.3, -0.25) is 4.79 Å². The molecule has 3 rings (SSSR count). The molecule has 1 saturated carbocycles. The van der Waals surface area contributed by atoms with Crippen LogP contribution in [0.1, 0.15) is 48.9 Å². The second-order valence-electron chi connectivity index (χ2n) is 6.51. The first kappa shape index (κ1) is 18.1. The van der Waals surface area contributed by atoms with Crippen LogP contribution in [0, 0.1) is 11.7 Å². The Morgan fingerprint density at radius 3 is 2.19 bits per heavy atom. The lowest BCUT2D eigenvalue weighted by Gasteiger charge is -2.11. The van der Waals surface area contributed by atoms with Crippen molar-refractivity contribution < 1.29 is 23.5 Å². The largest absolute Gasteiger partial charge is 0.423 e. The van der Waals surface area contributed by atoms with E-state index in [9.17, 15) is 14.0 Å². The van der Waals surface area contributed by atoms with Crippen LogP contribution in [0.2, 0.25) is 0 Å². The minimum absolute atomic E-state index is 0.163. The van der Waals surface area contributed by atoms with Gasteiger partial charge in [0.2, 0.25) is 0 Å². The van der Waals surface area contributed by atoms with Crippen molar-refractivity contribution in [2.24, 2.45) is 5.92 Å². The predicted molar refractivity (Wildman–Crippen MR) is 94.6 cm³/mol. The SMILES string of the molecule is O=C(CCC1CCCC1)Oc1ccccc1OC(=O)c1ccc(F)cc1. The summed E-state index contributed by atoms with van der Waals surface area (Å²) in [4.78, 5) is 24.3. The number of rotatable bonds is 6. The van der Waals surface area contributed by atoms with E-state index < -0.39 is 11.8 Å². The third-order valence-electron chi connectivity index (χ3n) is 4.59. The maximum absolute atomic E-state index is 13.0. The molecular formula is C21H21FO4. The number of hydrogen-bond donors (Lipinski definition) is 0. The van der Waals surface area contributed by atoms with Crippen LogP contribution in [0.4, 0.5) is 4.39 Å². The summed E-state index contributed by atoms with van der Waals surface area (Å²) in [7, 11) is 0. The normalized spacial score (nSPS) is 14.2. The molecule has 1 aliphatic carbocycles. The molecule has 0 unspecified atom stereocenters. The van der Waals surface area contributed by atoms with Crippen molar-refractivity contribution in [2.75, 3.05) is 0 Å². The van der Waals surface area contributed by atoms with Crippen molar-refractivity contribution in [1.82, 2.24) is 0 Å². The van der Waals surface area contributed by atoms with Crippen molar-refractivity contribution in [3.8, 4) is 11.5 Å². The molecule has 0 radical (unpaired) electrons. The van der Waals surface area contributed by atoms with E-state index in [0.717, 1.165) is 6.42 Å². The van der Waals surface area contributed by atoms with Gasteiger partial charge in [0, 0.05) is 6.42 Å². The molecule has 26 heavy (non-hydrogen) atoms. The number of carbonyl (C=O) groups excluding carboxylic acids is 2. The predicted octanol–water partition coefficient (Wildman–Crippen LogP) is 4.92. The van der Waals surface area contributed by atoms with Gasteiger partial charge in [0.25, 0.3) is 0 Å². The first-order valence-corrected chi connectivity index (χ1v) is 8.89. The van der Waals surface area contributed by atoms with E-state index in [4.69, 9.17) is 9.47 Å². The zero-order valence-corrected chi connectivity index (χ0v) is 14.4. The van der Waals surface area contributed by atoms with Crippen molar-refractivity contribution in [3.05, 3.63) is 59.9 Å². The van der Waals surface area contributed by atoms with Crippen molar-refractivity contribution in [1.29, 1.82) is 0 Å². The minimum atomic E-state index is -0.639. The lowest BCUT2D eigenvalue weighted by atomic mass is 10.0. The van der Waals surface area contributed by atoms with Gasteiger partial charge in [0.1, 0.15) is 5.82 Å². The molecule has 0 N–H and O–H groups in total. The third-order valence-corrected chi connectivity index (χ3v) is 4.59. The van der Waals surface area contributed by atoms with E-state index in [2.05, 4.69) is 0 Å². The number of ether oxygens (including phenoxy) is 2. The van der Waals surface area contributed by atoms with Crippen LogP contribution < -0.4 is 9.47 Å². The van der Waals surface area contributed by atoms with E-state index >= 15 is 0 Å². The lowest BCUT2D eigenvalue weighted by molar-refractivity contribution is -0.134. The number of esters is 2. The maximum Gasteiger partial charge on any atom is 0.343 e. The average molecular weight is 356 g/mol. The van der Waals surface area contributed by atoms with Gasteiger partial charge in [-0.05, 0) is 48.7 Å². The third kappa shape index (κ3) is 4.91. The quantitative estimate of drug-likeness (QED) is 0.544. The minimum Gasteiger partial charge on any atom is -0.423 e. The van der Waals surface area contributed by atoms with Gasteiger partial charge in [-0.25, -0.2) is 9.18 Å². The van der Waals surface area contributed by atoms with Crippen molar-refractivity contribution >= 4 is 11.9 Å². The number of hydrogen-bond acceptors (Lipinski definition) is 4. The van der Waals surface area contributed by atoms with E-state index in [0.29, 0.717) is 12.3 Å². The van der Waals surface area contributed by atoms with Crippen LogP contribution in [-0.2, 0) is 4.79 Å². The topological polar surface area (TPSA) is 52.6 Å². The summed E-state index contributed by atoms with van der Waals surface area (Å²) in [5.41, 5.74) is 0.216. The fraction of sp³-hybridized carbons (Fsp3) is 0.333. The van der Waals surface area contributed by atoms with Crippen LogP contribution in [0.5, 0.6) is 11.5 Å². The molecule has 0 aromatic heterocycles. The van der Waals surface area contributed by atoms with Crippen LogP contribution in [-0.4, -0.2) is 11.9 Å². The van der Waals surface area contributed by atoms with Gasteiger partial charge < -0.3 is 9.47 Å². The molecule has 2 aromatic rings. The standard InChI is InChI=1S/C21H21FO4/c22-17-12-10-16(11-13-17)21(24)26-19-8-4-3-7-18(19)25-20(23)14-9-15-5-1-2-6-15/h3-4,7-8,10-13,15H,1-2,5-6,9,14H2. The highest BCUT2D eigenvalue weighted by Gasteiger charge is 2.18. The number of halogens is 1. The Morgan fingerprint density at radius 2 is 1.54 bits per heavy atom. The molecule has 1 aliphatic rings. The molecule has 0 bridgehead atoms. The highest BCUT2D eigenvalue weighted by molar-refractivity contribution is 5.91. The highest BCUT2D eigenvalue weighted by Crippen LogP contribution is 2.30. The molecule has 2 aromatic carbocycles. The zero-order valence-electron chi connectivity index (χ0n) is 14.4. The summed E-state index contributed by atoms with van der Waals surface area (Å²) in [6.45, 7) is 0. The van der Waals surface area contributed by atoms with Crippen LogP contribution >= 0.6 is 0 Å². The zero-order chi connectivity index (χ0) is 18.4. The van der Waals surface area contributed by atoms with Crippen molar-refractivity contribution in [3.63, 3.8) is 0 Å². The van der Waals surface area contributed by atoms with E-state index in [-0.39, 0.29) is 23.0 Å². The second-order valence-corrected chi connectivity index (χ2v) is 6.51. The number of benzene rings is 2. The molecular weight excluding hydrogens is 335 g/mol. The Morgan fingerprint density at radius 1 is 0.923 bits per heavy atom. The molecule has 0 heterocycles. The number of carbonyl (C=O) groups is 2. The van der Waals surface area contributed by atoms with E-state index in [1.807, 2.05) is 0 Å². The van der Waals surface area contributed by atoms with Crippen LogP contribution in [0.25, 0.3) is 0 Å². The van der Waals surface area contributed by atoms with Crippen LogP contribution in [0.3, 0.4) is 0 Å². The molecule has 0 amide bonds. The summed E-state index contributed by atoms with van der Waals surface area (Å²) < 4.78 is 23.7. The summed E-state index contributed by atoms with van der Waals surface area (Å²) in [6.07, 6.45) is 6.02. The Bertz CT molecular complexity index is 764. The second kappa shape index (κ2) is 8.61. The van der Waals surface area contributed by atoms with Gasteiger partial charge in [-0.1, -0.05) is 37.8 Å². The Balaban J connectivity index is 1.60. The Labute approximate surface area is 151 Å². The van der Waals surface area contributed by atoms with E-state index in [1.54, 1.807) is 24.3 Å². The van der Waals surface area contributed by atoms with Crippen molar-refractivity contribution in [2.45, 2.75) is 38.5 Å². The average Bonchev–Trinajstić information content (AvgIpc) is 3.16. The van der Waals surface area contributed by atoms with Gasteiger partial charge >= 0.3 is 11.9 Å². The molecule has 0 spiro atoms. The van der Waals surface area contributed by atoms with Gasteiger partial charge in [-0.15, -0.1) is 0 Å². The summed E-state index contributed by atoms with van der Waals surface area (Å²) >= 11 is 0. The fourth-order valence-electron chi connectivity index (χ4n) is 3.16. The van der Waals surface area contributed by atoms with Gasteiger partial charge in [-0.2, -0.15) is 0 Å². The summed E-state index contributed by atoms with van der Waals surface area (Å²) in [5.74, 6) is -0.427. The Kier molecular flexibility index (Phi) is 6.00. The summed E-state index contributed by atoms with van der Waals surface area (Å²) in [5, 5.41) is 0. The molecule has 0 saturated heterocycles. The Hall–Kier alpha value is -2.69. The molecule has 1 fully saturated rings. The molecule has 136 valence electrons. The smallest absolute Gasteiger partial charge is 0.343 e. The molecule has 0 aliphatic heterocycles. The lowest BCUT2D eigenvalue weighted by Crippen LogP contribution is -2.13.